The molecule has 0 aliphatic heterocycles. The minimum Gasteiger partial charge on any atom is -0.493 e. The molecule has 0 unspecified atom stereocenters. The first-order valence-electron chi connectivity index (χ1n) is 9.04. The number of ether oxygens (including phenoxy) is 1. The summed E-state index contributed by atoms with van der Waals surface area (Å²) in [5.74, 6) is -0.143. The maximum absolute atomic E-state index is 12.7. The van der Waals surface area contributed by atoms with E-state index in [1.54, 1.807) is 36.4 Å². The van der Waals surface area contributed by atoms with Crippen LogP contribution in [0.25, 0.3) is 0 Å². The van der Waals surface area contributed by atoms with Crippen molar-refractivity contribution in [2.75, 3.05) is 11.9 Å². The van der Waals surface area contributed by atoms with Crippen LogP contribution in [-0.2, 0) is 15.6 Å². The highest BCUT2D eigenvalue weighted by molar-refractivity contribution is 7.92. The molecule has 0 saturated carbocycles. The molecule has 2 aromatic carbocycles. The average molecular weight is 432 g/mol. The third-order valence-corrected chi connectivity index (χ3v) is 7.04. The van der Waals surface area contributed by atoms with Gasteiger partial charge in [-0.2, -0.15) is 0 Å². The summed E-state index contributed by atoms with van der Waals surface area (Å²) in [6.45, 7) is 4.32. The van der Waals surface area contributed by atoms with E-state index in [1.165, 1.54) is 0 Å². The number of nitrogens with zero attached hydrogens (tertiary/aromatic N) is 2. The van der Waals surface area contributed by atoms with Crippen LogP contribution in [0.15, 0.2) is 52.9 Å². The van der Waals surface area contributed by atoms with Crippen LogP contribution >= 0.6 is 11.3 Å². The molecule has 0 aliphatic rings. The molecule has 0 atom stereocenters. The first kappa shape index (κ1) is 20.9. The van der Waals surface area contributed by atoms with E-state index in [-0.39, 0.29) is 15.2 Å². The smallest absolute Gasteiger partial charge is 0.261 e. The number of aromatic nitrogens is 2. The molecular formula is C20H21N3O4S2. The number of sulfone groups is 1. The molecule has 1 amide bonds. The predicted molar refractivity (Wildman–Crippen MR) is 112 cm³/mol. The number of hydrogen-bond donors (Lipinski definition) is 1. The summed E-state index contributed by atoms with van der Waals surface area (Å²) in [6, 6.07) is 14.1. The lowest BCUT2D eigenvalue weighted by atomic mass is 10.1. The van der Waals surface area contributed by atoms with E-state index in [0.29, 0.717) is 23.5 Å². The van der Waals surface area contributed by atoms with Crippen LogP contribution in [-0.4, -0.2) is 31.1 Å². The Morgan fingerprint density at radius 2 is 1.83 bits per heavy atom. The van der Waals surface area contributed by atoms with Crippen molar-refractivity contribution < 1.29 is 17.9 Å². The van der Waals surface area contributed by atoms with Gasteiger partial charge >= 0.3 is 0 Å². The third-order valence-electron chi connectivity index (χ3n) is 4.09. The van der Waals surface area contributed by atoms with Gasteiger partial charge in [-0.25, -0.2) is 8.42 Å². The standard InChI is InChI=1S/C20H21N3O4S2/c1-3-12-27-17-11-7-6-10-16(17)18(24)21-19-22-23-20(28-19)29(25,26)13-15-9-5-4-8-14(15)2/h4-11H,3,12-13H2,1-2H3,(H,21,22,24). The molecule has 0 aliphatic carbocycles. The first-order chi connectivity index (χ1) is 13.9. The number of benzene rings is 2. The zero-order valence-corrected chi connectivity index (χ0v) is 17.7. The van der Waals surface area contributed by atoms with E-state index in [0.717, 1.165) is 23.3 Å². The number of anilines is 1. The summed E-state index contributed by atoms with van der Waals surface area (Å²) >= 11 is 0.829. The number of nitrogens with one attached hydrogen (secondary N) is 1. The van der Waals surface area contributed by atoms with E-state index < -0.39 is 15.7 Å². The summed E-state index contributed by atoms with van der Waals surface area (Å²) in [6.07, 6.45) is 0.814. The van der Waals surface area contributed by atoms with Crippen molar-refractivity contribution in [3.8, 4) is 5.75 Å². The van der Waals surface area contributed by atoms with Gasteiger partial charge in [-0.3, -0.25) is 10.1 Å². The van der Waals surface area contributed by atoms with Crippen LogP contribution in [0, 0.1) is 6.92 Å². The molecular weight excluding hydrogens is 410 g/mol. The van der Waals surface area contributed by atoms with Gasteiger partial charge in [0, 0.05) is 0 Å². The number of carbonyl (C=O) groups is 1. The number of carbonyl (C=O) groups excluding carboxylic acids is 1. The van der Waals surface area contributed by atoms with Gasteiger partial charge in [0.05, 0.1) is 17.9 Å². The number of para-hydroxylation sites is 1. The quantitative estimate of drug-likeness (QED) is 0.544. The number of hydrogen-bond acceptors (Lipinski definition) is 7. The Balaban J connectivity index is 1.75. The molecule has 7 nitrogen and oxygen atoms in total. The molecule has 3 rings (SSSR count). The lowest BCUT2D eigenvalue weighted by molar-refractivity contribution is 0.102. The summed E-state index contributed by atoms with van der Waals surface area (Å²) in [5, 5.41) is 10.3. The van der Waals surface area contributed by atoms with Crippen molar-refractivity contribution >= 4 is 32.2 Å². The second-order valence-electron chi connectivity index (χ2n) is 6.36. The monoisotopic (exact) mass is 431 g/mol. The fourth-order valence-electron chi connectivity index (χ4n) is 2.58. The van der Waals surface area contributed by atoms with Gasteiger partial charge < -0.3 is 4.74 Å². The van der Waals surface area contributed by atoms with Crippen molar-refractivity contribution in [1.82, 2.24) is 10.2 Å². The minimum atomic E-state index is -3.67. The summed E-state index contributed by atoms with van der Waals surface area (Å²) in [7, 11) is -3.67. The van der Waals surface area contributed by atoms with Crippen LogP contribution in [0.3, 0.4) is 0 Å². The Morgan fingerprint density at radius 3 is 2.59 bits per heavy atom. The first-order valence-corrected chi connectivity index (χ1v) is 11.5. The highest BCUT2D eigenvalue weighted by Crippen LogP contribution is 2.26. The molecule has 0 radical (unpaired) electrons. The zero-order valence-electron chi connectivity index (χ0n) is 16.1. The molecule has 1 heterocycles. The molecule has 152 valence electrons. The van der Waals surface area contributed by atoms with E-state index in [2.05, 4.69) is 15.5 Å². The Hall–Kier alpha value is -2.78. The summed E-state index contributed by atoms with van der Waals surface area (Å²) in [4.78, 5) is 12.6. The van der Waals surface area contributed by atoms with Gasteiger partial charge in [0.15, 0.2) is 0 Å². The van der Waals surface area contributed by atoms with Gasteiger partial charge in [-0.1, -0.05) is 54.7 Å². The molecule has 0 fully saturated rings. The summed E-state index contributed by atoms with van der Waals surface area (Å²) < 4.78 is 30.8. The van der Waals surface area contributed by atoms with E-state index in [9.17, 15) is 13.2 Å². The van der Waals surface area contributed by atoms with E-state index in [1.807, 2.05) is 26.0 Å². The molecule has 0 saturated heterocycles. The van der Waals surface area contributed by atoms with Gasteiger partial charge in [0.1, 0.15) is 5.75 Å². The highest BCUT2D eigenvalue weighted by atomic mass is 32.2. The van der Waals surface area contributed by atoms with Crippen molar-refractivity contribution in [1.29, 1.82) is 0 Å². The minimum absolute atomic E-state index is 0.114. The second kappa shape index (κ2) is 9.15. The average Bonchev–Trinajstić information content (AvgIpc) is 3.18. The zero-order chi connectivity index (χ0) is 20.9. The molecule has 1 N–H and O–H groups in total. The molecule has 29 heavy (non-hydrogen) atoms. The SMILES string of the molecule is CCCOc1ccccc1C(=O)Nc1nnc(S(=O)(=O)Cc2ccccc2C)s1. The highest BCUT2D eigenvalue weighted by Gasteiger charge is 2.23. The van der Waals surface area contributed by atoms with Crippen molar-refractivity contribution in [3.63, 3.8) is 0 Å². The van der Waals surface area contributed by atoms with Crippen molar-refractivity contribution in [2.24, 2.45) is 0 Å². The van der Waals surface area contributed by atoms with Gasteiger partial charge in [0.25, 0.3) is 5.91 Å². The van der Waals surface area contributed by atoms with Crippen LogP contribution in [0.4, 0.5) is 5.13 Å². The van der Waals surface area contributed by atoms with Gasteiger partial charge in [0.2, 0.25) is 19.3 Å². The topological polar surface area (TPSA) is 98.2 Å². The second-order valence-corrected chi connectivity index (χ2v) is 9.50. The Kier molecular flexibility index (Phi) is 6.60. The Bertz CT molecular complexity index is 1110. The van der Waals surface area contributed by atoms with E-state index in [4.69, 9.17) is 4.74 Å². The predicted octanol–water partition coefficient (Wildman–Crippen LogP) is 3.86. The maximum Gasteiger partial charge on any atom is 0.261 e. The fourth-order valence-corrected chi connectivity index (χ4v) is 5.00. The number of aryl methyl sites for hydroxylation is 1. The van der Waals surface area contributed by atoms with Gasteiger partial charge in [-0.15, -0.1) is 10.2 Å². The van der Waals surface area contributed by atoms with E-state index >= 15 is 0 Å². The van der Waals surface area contributed by atoms with Gasteiger partial charge in [-0.05, 0) is 36.6 Å². The normalized spacial score (nSPS) is 11.2. The molecule has 1 aromatic heterocycles. The molecule has 0 bridgehead atoms. The van der Waals surface area contributed by atoms with Crippen LogP contribution in [0.2, 0.25) is 0 Å². The summed E-state index contributed by atoms with van der Waals surface area (Å²) in [5.41, 5.74) is 1.94. The van der Waals surface area contributed by atoms with Crippen LogP contribution in [0.5, 0.6) is 5.75 Å². The maximum atomic E-state index is 12.7. The molecule has 3 aromatic rings. The Morgan fingerprint density at radius 1 is 1.10 bits per heavy atom. The molecule has 0 spiro atoms. The number of rotatable bonds is 8. The fraction of sp³-hybridized carbons (Fsp3) is 0.250. The molecule has 9 heteroatoms. The van der Waals surface area contributed by atoms with Crippen molar-refractivity contribution in [2.45, 2.75) is 30.4 Å². The number of amides is 1. The van der Waals surface area contributed by atoms with Crippen molar-refractivity contribution in [3.05, 3.63) is 65.2 Å². The third kappa shape index (κ3) is 5.18. The van der Waals surface area contributed by atoms with Crippen LogP contribution in [0.1, 0.15) is 34.8 Å². The Labute approximate surface area is 173 Å². The largest absolute Gasteiger partial charge is 0.493 e. The lowest BCUT2D eigenvalue weighted by Crippen LogP contribution is -2.13. The lowest BCUT2D eigenvalue weighted by Gasteiger charge is -2.09. The van der Waals surface area contributed by atoms with Crippen LogP contribution < -0.4 is 10.1 Å².